The van der Waals surface area contributed by atoms with E-state index >= 15 is 0 Å². The van der Waals surface area contributed by atoms with Gasteiger partial charge < -0.3 is 5.73 Å². The Morgan fingerprint density at radius 2 is 1.71 bits per heavy atom. The van der Waals surface area contributed by atoms with E-state index in [2.05, 4.69) is 4.99 Å². The van der Waals surface area contributed by atoms with Gasteiger partial charge in [0, 0.05) is 6.42 Å². The molecule has 2 aromatic rings. The number of hydrogen-bond acceptors (Lipinski definition) is 4. The van der Waals surface area contributed by atoms with Crippen molar-refractivity contribution in [1.82, 2.24) is 4.90 Å². The lowest BCUT2D eigenvalue weighted by Crippen LogP contribution is -2.33. The Morgan fingerprint density at radius 1 is 1.08 bits per heavy atom. The summed E-state index contributed by atoms with van der Waals surface area (Å²) in [4.78, 5) is 30.1. The van der Waals surface area contributed by atoms with Crippen molar-refractivity contribution in [3.8, 4) is 0 Å². The van der Waals surface area contributed by atoms with Crippen LogP contribution in [0.4, 0.5) is 5.69 Å². The van der Waals surface area contributed by atoms with E-state index in [-0.39, 0.29) is 12.3 Å². The molecule has 24 heavy (non-hydrogen) atoms. The fraction of sp³-hybridized carbons (Fsp3) is 0.167. The van der Waals surface area contributed by atoms with Crippen LogP contribution in [0, 0.1) is 0 Å². The fourth-order valence-electron chi connectivity index (χ4n) is 2.43. The van der Waals surface area contributed by atoms with Crippen molar-refractivity contribution in [2.75, 3.05) is 0 Å². The molecule has 122 valence electrons. The van der Waals surface area contributed by atoms with E-state index in [1.807, 2.05) is 60.7 Å². The number of carbonyl (C=O) groups excluding carboxylic acids is 2. The van der Waals surface area contributed by atoms with Crippen LogP contribution in [0.1, 0.15) is 12.0 Å². The maximum absolute atomic E-state index is 12.7. The summed E-state index contributed by atoms with van der Waals surface area (Å²) in [6.45, 7) is 0.424. The Hall–Kier alpha value is -2.60. The highest BCUT2D eigenvalue weighted by molar-refractivity contribution is 8.15. The first-order valence-corrected chi connectivity index (χ1v) is 8.45. The van der Waals surface area contributed by atoms with Gasteiger partial charge in [-0.2, -0.15) is 0 Å². The third-order valence-electron chi connectivity index (χ3n) is 3.57. The van der Waals surface area contributed by atoms with Crippen molar-refractivity contribution < 1.29 is 9.59 Å². The van der Waals surface area contributed by atoms with Gasteiger partial charge in [0.2, 0.25) is 11.8 Å². The molecule has 0 aromatic heterocycles. The number of rotatable bonds is 5. The lowest BCUT2D eigenvalue weighted by molar-refractivity contribution is -0.128. The molecule has 3 rings (SSSR count). The van der Waals surface area contributed by atoms with Crippen molar-refractivity contribution in [3.63, 3.8) is 0 Å². The lowest BCUT2D eigenvalue weighted by atomic mass is 10.2. The third-order valence-corrected chi connectivity index (χ3v) is 4.75. The van der Waals surface area contributed by atoms with Gasteiger partial charge >= 0.3 is 0 Å². The number of thioether (sulfide) groups is 1. The first kappa shape index (κ1) is 16.3. The number of primary amides is 1. The predicted molar refractivity (Wildman–Crippen MR) is 95.7 cm³/mol. The van der Waals surface area contributed by atoms with Gasteiger partial charge in [0.25, 0.3) is 0 Å². The van der Waals surface area contributed by atoms with E-state index < -0.39 is 11.2 Å². The van der Waals surface area contributed by atoms with E-state index in [0.717, 1.165) is 11.3 Å². The van der Waals surface area contributed by atoms with Gasteiger partial charge in [0.05, 0.1) is 12.2 Å². The minimum absolute atomic E-state index is 0.0165. The Labute approximate surface area is 144 Å². The molecule has 0 aliphatic carbocycles. The summed E-state index contributed by atoms with van der Waals surface area (Å²) < 4.78 is 0. The quantitative estimate of drug-likeness (QED) is 0.910. The van der Waals surface area contributed by atoms with Gasteiger partial charge in [0.1, 0.15) is 5.25 Å². The summed E-state index contributed by atoms with van der Waals surface area (Å²) in [5.74, 6) is -0.612. The van der Waals surface area contributed by atoms with Gasteiger partial charge in [-0.15, -0.1) is 0 Å². The normalized spacial score (nSPS) is 19.0. The molecule has 0 saturated carbocycles. The largest absolute Gasteiger partial charge is 0.370 e. The van der Waals surface area contributed by atoms with E-state index in [4.69, 9.17) is 5.73 Å². The molecule has 1 aliphatic heterocycles. The molecule has 1 atom stereocenters. The van der Waals surface area contributed by atoms with E-state index in [1.54, 1.807) is 4.90 Å². The van der Waals surface area contributed by atoms with Gasteiger partial charge in [-0.05, 0) is 17.7 Å². The average molecular weight is 339 g/mol. The minimum atomic E-state index is -0.506. The number of amidine groups is 1. The van der Waals surface area contributed by atoms with Crippen molar-refractivity contribution in [2.24, 2.45) is 10.7 Å². The first-order valence-electron chi connectivity index (χ1n) is 7.57. The second-order valence-electron chi connectivity index (χ2n) is 5.42. The summed E-state index contributed by atoms with van der Waals surface area (Å²) in [7, 11) is 0. The SMILES string of the molecule is NC(=O)C[C@@H]1SC(=Nc2ccccc2)N(Cc2ccccc2)C1=O. The van der Waals surface area contributed by atoms with Crippen LogP contribution in [-0.4, -0.2) is 27.1 Å². The van der Waals surface area contributed by atoms with Gasteiger partial charge in [-0.25, -0.2) is 4.99 Å². The molecule has 0 unspecified atom stereocenters. The summed E-state index contributed by atoms with van der Waals surface area (Å²) >= 11 is 1.29. The molecule has 1 aliphatic rings. The lowest BCUT2D eigenvalue weighted by Gasteiger charge is -2.16. The molecule has 2 N–H and O–H groups in total. The fourth-order valence-corrected chi connectivity index (χ4v) is 3.60. The van der Waals surface area contributed by atoms with Crippen LogP contribution in [0.2, 0.25) is 0 Å². The molecule has 2 amide bonds. The average Bonchev–Trinajstić information content (AvgIpc) is 2.85. The highest BCUT2D eigenvalue weighted by Crippen LogP contribution is 2.32. The van der Waals surface area contributed by atoms with Gasteiger partial charge in [0.15, 0.2) is 5.17 Å². The molecular formula is C18H17N3O2S. The Bertz CT molecular complexity index is 762. The maximum atomic E-state index is 12.7. The van der Waals surface area contributed by atoms with E-state index in [9.17, 15) is 9.59 Å². The zero-order valence-corrected chi connectivity index (χ0v) is 13.8. The summed E-state index contributed by atoms with van der Waals surface area (Å²) in [5.41, 5.74) is 7.04. The molecule has 1 saturated heterocycles. The summed E-state index contributed by atoms with van der Waals surface area (Å²) in [6, 6.07) is 19.1. The summed E-state index contributed by atoms with van der Waals surface area (Å²) in [5, 5.41) is 0.0926. The number of para-hydroxylation sites is 1. The maximum Gasteiger partial charge on any atom is 0.242 e. The van der Waals surface area contributed by atoms with E-state index in [1.165, 1.54) is 11.8 Å². The van der Waals surface area contributed by atoms with Crippen molar-refractivity contribution >= 4 is 34.4 Å². The van der Waals surface area contributed by atoms with E-state index in [0.29, 0.717) is 11.7 Å². The van der Waals surface area contributed by atoms with Crippen LogP contribution >= 0.6 is 11.8 Å². The zero-order chi connectivity index (χ0) is 16.9. The number of nitrogens with two attached hydrogens (primary N) is 1. The van der Waals surface area contributed by atoms with Crippen LogP contribution in [0.25, 0.3) is 0 Å². The predicted octanol–water partition coefficient (Wildman–Crippen LogP) is 2.69. The minimum Gasteiger partial charge on any atom is -0.370 e. The molecule has 5 nitrogen and oxygen atoms in total. The van der Waals surface area contributed by atoms with Crippen LogP contribution in [-0.2, 0) is 16.1 Å². The molecule has 1 fully saturated rings. The zero-order valence-electron chi connectivity index (χ0n) is 13.0. The Balaban J connectivity index is 1.89. The molecule has 0 bridgehead atoms. The van der Waals surface area contributed by atoms with Crippen LogP contribution < -0.4 is 5.73 Å². The molecule has 0 spiro atoms. The molecule has 6 heteroatoms. The highest BCUT2D eigenvalue weighted by Gasteiger charge is 2.38. The number of aliphatic imine (C=N–C) groups is 1. The monoisotopic (exact) mass is 339 g/mol. The number of amides is 2. The molecule has 1 heterocycles. The standard InChI is InChI=1S/C18H17N3O2S/c19-16(22)11-15-17(23)21(12-13-7-3-1-4-8-13)18(24-15)20-14-9-5-2-6-10-14/h1-10,15H,11-12H2,(H2,19,22)/t15-/m0/s1. The second kappa shape index (κ2) is 7.31. The number of nitrogens with zero attached hydrogens (tertiary/aromatic N) is 2. The van der Waals surface area contributed by atoms with Crippen molar-refractivity contribution in [2.45, 2.75) is 18.2 Å². The smallest absolute Gasteiger partial charge is 0.242 e. The Morgan fingerprint density at radius 3 is 2.33 bits per heavy atom. The number of hydrogen-bond donors (Lipinski definition) is 1. The summed E-state index contributed by atoms with van der Waals surface area (Å²) in [6.07, 6.45) is 0.0165. The van der Waals surface area contributed by atoms with Crippen LogP contribution in [0.5, 0.6) is 0 Å². The van der Waals surface area contributed by atoms with Crippen LogP contribution in [0.3, 0.4) is 0 Å². The first-order chi connectivity index (χ1) is 11.6. The third kappa shape index (κ3) is 3.83. The van der Waals surface area contributed by atoms with Crippen molar-refractivity contribution in [3.05, 3.63) is 66.2 Å². The number of carbonyl (C=O) groups is 2. The topological polar surface area (TPSA) is 75.8 Å². The van der Waals surface area contributed by atoms with Gasteiger partial charge in [-0.3, -0.25) is 14.5 Å². The Kier molecular flexibility index (Phi) is 4.96. The second-order valence-corrected chi connectivity index (χ2v) is 6.59. The molecule has 0 radical (unpaired) electrons. The van der Waals surface area contributed by atoms with Crippen LogP contribution in [0.15, 0.2) is 65.7 Å². The molecular weight excluding hydrogens is 322 g/mol. The molecule has 2 aromatic carbocycles. The number of benzene rings is 2. The van der Waals surface area contributed by atoms with Gasteiger partial charge in [-0.1, -0.05) is 60.3 Å². The van der Waals surface area contributed by atoms with Crippen molar-refractivity contribution in [1.29, 1.82) is 0 Å². The highest BCUT2D eigenvalue weighted by atomic mass is 32.2.